The molecule has 0 atom stereocenters. The van der Waals surface area contributed by atoms with E-state index in [0.29, 0.717) is 29.8 Å². The van der Waals surface area contributed by atoms with Crippen LogP contribution in [0, 0.1) is 5.82 Å². The van der Waals surface area contributed by atoms with E-state index in [4.69, 9.17) is 10.2 Å². The number of rotatable bonds is 6. The van der Waals surface area contributed by atoms with Gasteiger partial charge in [0, 0.05) is 12.2 Å². The maximum absolute atomic E-state index is 12.7. The zero-order valence-electron chi connectivity index (χ0n) is 9.80. The van der Waals surface area contributed by atoms with Gasteiger partial charge >= 0.3 is 0 Å². The Labute approximate surface area is 109 Å². The van der Waals surface area contributed by atoms with Crippen LogP contribution in [-0.2, 0) is 12.2 Å². The lowest BCUT2D eigenvalue weighted by Gasteiger charge is -1.97. The number of thioether (sulfide) groups is 1. The molecule has 18 heavy (non-hydrogen) atoms. The third-order valence-corrected chi connectivity index (χ3v) is 3.21. The van der Waals surface area contributed by atoms with Crippen molar-refractivity contribution in [3.05, 3.63) is 41.5 Å². The van der Waals surface area contributed by atoms with Crippen molar-refractivity contribution in [1.82, 2.24) is 10.2 Å². The van der Waals surface area contributed by atoms with Gasteiger partial charge in [0.15, 0.2) is 0 Å². The molecule has 0 unspecified atom stereocenters. The Kier molecular flexibility index (Phi) is 4.72. The van der Waals surface area contributed by atoms with Crippen molar-refractivity contribution in [3.63, 3.8) is 0 Å². The first kappa shape index (κ1) is 13.0. The molecule has 96 valence electrons. The third-order valence-electron chi connectivity index (χ3n) is 2.32. The topological polar surface area (TPSA) is 64.9 Å². The fraction of sp³-hybridized carbons (Fsp3) is 0.333. The Bertz CT molecular complexity index is 486. The normalized spacial score (nSPS) is 10.8. The van der Waals surface area contributed by atoms with Crippen LogP contribution in [0.5, 0.6) is 0 Å². The van der Waals surface area contributed by atoms with Crippen LogP contribution in [0.1, 0.15) is 17.9 Å². The van der Waals surface area contributed by atoms with Crippen LogP contribution in [0.4, 0.5) is 4.39 Å². The van der Waals surface area contributed by atoms with Gasteiger partial charge in [-0.15, -0.1) is 10.2 Å². The van der Waals surface area contributed by atoms with Crippen molar-refractivity contribution < 1.29 is 8.81 Å². The third kappa shape index (κ3) is 3.82. The van der Waals surface area contributed by atoms with Gasteiger partial charge in [-0.05, 0) is 30.7 Å². The van der Waals surface area contributed by atoms with E-state index in [1.807, 2.05) is 0 Å². The predicted molar refractivity (Wildman–Crippen MR) is 67.6 cm³/mol. The molecule has 0 spiro atoms. The molecule has 6 heteroatoms. The van der Waals surface area contributed by atoms with Gasteiger partial charge in [0.1, 0.15) is 5.82 Å². The molecule has 0 aliphatic rings. The van der Waals surface area contributed by atoms with Gasteiger partial charge in [0.25, 0.3) is 5.22 Å². The molecule has 1 heterocycles. The first-order chi connectivity index (χ1) is 8.78. The molecule has 0 saturated carbocycles. The second kappa shape index (κ2) is 6.51. The number of aryl methyl sites for hydroxylation is 1. The van der Waals surface area contributed by atoms with Crippen LogP contribution in [-0.4, -0.2) is 16.7 Å². The Morgan fingerprint density at radius 1 is 1.22 bits per heavy atom. The highest BCUT2D eigenvalue weighted by atomic mass is 32.2. The molecule has 2 aromatic rings. The molecule has 0 aliphatic heterocycles. The maximum Gasteiger partial charge on any atom is 0.276 e. The second-order valence-electron chi connectivity index (χ2n) is 3.77. The van der Waals surface area contributed by atoms with Crippen molar-refractivity contribution in [2.45, 2.75) is 23.8 Å². The monoisotopic (exact) mass is 267 g/mol. The summed E-state index contributed by atoms with van der Waals surface area (Å²) in [5, 5.41) is 8.39. The molecule has 0 bridgehead atoms. The lowest BCUT2D eigenvalue weighted by Crippen LogP contribution is -2.00. The average Bonchev–Trinajstić information content (AvgIpc) is 2.84. The minimum Gasteiger partial charge on any atom is -0.416 e. The van der Waals surface area contributed by atoms with E-state index >= 15 is 0 Å². The maximum atomic E-state index is 12.7. The minimum atomic E-state index is -0.231. The summed E-state index contributed by atoms with van der Waals surface area (Å²) >= 11 is 1.44. The van der Waals surface area contributed by atoms with Crippen molar-refractivity contribution >= 4 is 11.8 Å². The summed E-state index contributed by atoms with van der Waals surface area (Å²) in [4.78, 5) is 0. The fourth-order valence-corrected chi connectivity index (χ4v) is 2.11. The first-order valence-electron chi connectivity index (χ1n) is 5.67. The highest BCUT2D eigenvalue weighted by Gasteiger charge is 2.06. The van der Waals surface area contributed by atoms with E-state index < -0.39 is 0 Å². The van der Waals surface area contributed by atoms with Crippen molar-refractivity contribution in [2.24, 2.45) is 5.73 Å². The highest BCUT2D eigenvalue weighted by molar-refractivity contribution is 7.98. The SMILES string of the molecule is NCCCc1nnc(SCc2ccc(F)cc2)o1. The lowest BCUT2D eigenvalue weighted by atomic mass is 10.2. The molecule has 1 aromatic carbocycles. The van der Waals surface area contributed by atoms with E-state index in [2.05, 4.69) is 10.2 Å². The number of hydrogen-bond donors (Lipinski definition) is 1. The zero-order valence-corrected chi connectivity index (χ0v) is 10.6. The van der Waals surface area contributed by atoms with E-state index in [1.54, 1.807) is 12.1 Å². The van der Waals surface area contributed by atoms with E-state index in [9.17, 15) is 4.39 Å². The fourth-order valence-electron chi connectivity index (χ4n) is 1.38. The van der Waals surface area contributed by atoms with Crippen molar-refractivity contribution in [2.75, 3.05) is 6.54 Å². The predicted octanol–water partition coefficient (Wildman–Crippen LogP) is 2.39. The van der Waals surface area contributed by atoms with Crippen LogP contribution < -0.4 is 5.73 Å². The Balaban J connectivity index is 1.86. The van der Waals surface area contributed by atoms with E-state index in [0.717, 1.165) is 12.0 Å². The van der Waals surface area contributed by atoms with Gasteiger partial charge in [-0.2, -0.15) is 0 Å². The highest BCUT2D eigenvalue weighted by Crippen LogP contribution is 2.21. The summed E-state index contributed by atoms with van der Waals surface area (Å²) < 4.78 is 18.2. The molecular weight excluding hydrogens is 253 g/mol. The molecular formula is C12H14FN3OS. The summed E-state index contributed by atoms with van der Waals surface area (Å²) in [6, 6.07) is 6.37. The van der Waals surface area contributed by atoms with Gasteiger partial charge in [-0.25, -0.2) is 4.39 Å². The van der Waals surface area contributed by atoms with E-state index in [1.165, 1.54) is 23.9 Å². The Hall–Kier alpha value is -1.40. The summed E-state index contributed by atoms with van der Waals surface area (Å²) in [5.41, 5.74) is 6.42. The number of nitrogens with two attached hydrogens (primary N) is 1. The van der Waals surface area contributed by atoms with Crippen LogP contribution in [0.2, 0.25) is 0 Å². The smallest absolute Gasteiger partial charge is 0.276 e. The van der Waals surface area contributed by atoms with E-state index in [-0.39, 0.29) is 5.82 Å². The van der Waals surface area contributed by atoms with Gasteiger partial charge < -0.3 is 10.2 Å². The van der Waals surface area contributed by atoms with Gasteiger partial charge in [-0.3, -0.25) is 0 Å². The number of benzene rings is 1. The van der Waals surface area contributed by atoms with Gasteiger partial charge in [0.2, 0.25) is 5.89 Å². The summed E-state index contributed by atoms with van der Waals surface area (Å²) in [7, 11) is 0. The Morgan fingerprint density at radius 3 is 2.72 bits per heavy atom. The Morgan fingerprint density at radius 2 is 2.00 bits per heavy atom. The molecule has 0 saturated heterocycles. The molecule has 2 rings (SSSR count). The van der Waals surface area contributed by atoms with Gasteiger partial charge in [0.05, 0.1) is 0 Å². The van der Waals surface area contributed by atoms with Crippen LogP contribution in [0.3, 0.4) is 0 Å². The molecule has 0 fully saturated rings. The largest absolute Gasteiger partial charge is 0.416 e. The number of halogens is 1. The molecule has 0 radical (unpaired) electrons. The van der Waals surface area contributed by atoms with Crippen LogP contribution in [0.25, 0.3) is 0 Å². The van der Waals surface area contributed by atoms with Crippen LogP contribution in [0.15, 0.2) is 33.9 Å². The molecule has 2 N–H and O–H groups in total. The molecule has 0 amide bonds. The van der Waals surface area contributed by atoms with Crippen LogP contribution >= 0.6 is 11.8 Å². The first-order valence-corrected chi connectivity index (χ1v) is 6.66. The zero-order chi connectivity index (χ0) is 12.8. The van der Waals surface area contributed by atoms with Crippen molar-refractivity contribution in [1.29, 1.82) is 0 Å². The minimum absolute atomic E-state index is 0.231. The van der Waals surface area contributed by atoms with Gasteiger partial charge in [-0.1, -0.05) is 23.9 Å². The number of nitrogens with zero attached hydrogens (tertiary/aromatic N) is 2. The summed E-state index contributed by atoms with van der Waals surface area (Å²) in [5.74, 6) is 1.06. The molecule has 4 nitrogen and oxygen atoms in total. The standard InChI is InChI=1S/C12H14FN3OS/c13-10-5-3-9(4-6-10)8-18-12-16-15-11(17-12)2-1-7-14/h3-6H,1-2,7-8,14H2. The summed E-state index contributed by atoms with van der Waals surface area (Å²) in [6.07, 6.45) is 1.55. The second-order valence-corrected chi connectivity index (χ2v) is 4.70. The number of aromatic nitrogens is 2. The molecule has 0 aliphatic carbocycles. The quantitative estimate of drug-likeness (QED) is 0.814. The summed E-state index contributed by atoms with van der Waals surface area (Å²) in [6.45, 7) is 0.612. The lowest BCUT2D eigenvalue weighted by molar-refractivity contribution is 0.410. The van der Waals surface area contributed by atoms with Crippen molar-refractivity contribution in [3.8, 4) is 0 Å². The number of hydrogen-bond acceptors (Lipinski definition) is 5. The average molecular weight is 267 g/mol. The molecule has 1 aromatic heterocycles.